The van der Waals surface area contributed by atoms with Crippen LogP contribution < -0.4 is 5.32 Å². The average Bonchev–Trinajstić information content (AvgIpc) is 3.22. The smallest absolute Gasteiger partial charge is 0.272 e. The lowest BCUT2D eigenvalue weighted by Crippen LogP contribution is -2.29. The minimum absolute atomic E-state index is 0.105. The van der Waals surface area contributed by atoms with Gasteiger partial charge >= 0.3 is 0 Å². The molecule has 1 aliphatic rings. The molecule has 0 saturated carbocycles. The monoisotopic (exact) mass is 341 g/mol. The number of aliphatic hydroxyl groups excluding tert-OH is 1. The third-order valence-corrected chi connectivity index (χ3v) is 4.97. The molecule has 0 saturated heterocycles. The third-order valence-electron chi connectivity index (χ3n) is 4.97. The van der Waals surface area contributed by atoms with Gasteiger partial charge in [0.15, 0.2) is 5.69 Å². The minimum atomic E-state index is -0.105. The van der Waals surface area contributed by atoms with Crippen LogP contribution in [0.3, 0.4) is 0 Å². The molecule has 1 aromatic carbocycles. The van der Waals surface area contributed by atoms with E-state index in [2.05, 4.69) is 41.6 Å². The van der Waals surface area contributed by atoms with E-state index < -0.39 is 0 Å². The van der Waals surface area contributed by atoms with Crippen molar-refractivity contribution in [2.75, 3.05) is 13.2 Å². The van der Waals surface area contributed by atoms with Crippen LogP contribution in [0.25, 0.3) is 5.69 Å². The fourth-order valence-electron chi connectivity index (χ4n) is 3.38. The Bertz CT molecular complexity index is 734. The topological polar surface area (TPSA) is 67.2 Å². The normalized spacial score (nSPS) is 14.4. The lowest BCUT2D eigenvalue weighted by atomic mass is 10.1. The van der Waals surface area contributed by atoms with E-state index in [4.69, 9.17) is 5.11 Å². The summed E-state index contributed by atoms with van der Waals surface area (Å²) in [6, 6.07) is 8.40. The van der Waals surface area contributed by atoms with Crippen molar-refractivity contribution >= 4 is 5.91 Å². The van der Waals surface area contributed by atoms with Crippen molar-refractivity contribution in [1.29, 1.82) is 0 Å². The number of nitrogens with zero attached hydrogens (tertiary/aromatic N) is 2. The van der Waals surface area contributed by atoms with Crippen LogP contribution in [-0.4, -0.2) is 33.9 Å². The largest absolute Gasteiger partial charge is 0.396 e. The number of fused-ring (bicyclic) bond motifs is 1. The number of nitrogens with one attached hydrogen (secondary N) is 1. The van der Waals surface area contributed by atoms with Gasteiger partial charge in [0.2, 0.25) is 0 Å². The van der Waals surface area contributed by atoms with Crippen LogP contribution in [0, 0.1) is 5.92 Å². The second-order valence-electron chi connectivity index (χ2n) is 6.89. The summed E-state index contributed by atoms with van der Waals surface area (Å²) in [7, 11) is 0. The van der Waals surface area contributed by atoms with Crippen molar-refractivity contribution in [3.8, 4) is 5.69 Å². The molecule has 0 bridgehead atoms. The van der Waals surface area contributed by atoms with E-state index >= 15 is 0 Å². The number of aryl methyl sites for hydroxylation is 1. The van der Waals surface area contributed by atoms with Crippen LogP contribution >= 0.6 is 0 Å². The van der Waals surface area contributed by atoms with Crippen LogP contribution in [-0.2, 0) is 19.3 Å². The van der Waals surface area contributed by atoms with Crippen LogP contribution in [0.5, 0.6) is 0 Å². The Morgan fingerprint density at radius 2 is 2.08 bits per heavy atom. The summed E-state index contributed by atoms with van der Waals surface area (Å²) in [5.41, 5.74) is 5.12. The maximum atomic E-state index is 12.6. The average molecular weight is 341 g/mol. The van der Waals surface area contributed by atoms with Gasteiger partial charge in [0.05, 0.1) is 5.69 Å². The van der Waals surface area contributed by atoms with E-state index in [1.807, 2.05) is 11.6 Å². The van der Waals surface area contributed by atoms with Gasteiger partial charge in [-0.1, -0.05) is 26.0 Å². The molecule has 5 heteroatoms. The zero-order valence-electron chi connectivity index (χ0n) is 15.1. The number of benzene rings is 1. The van der Waals surface area contributed by atoms with Crippen molar-refractivity contribution in [2.24, 2.45) is 5.92 Å². The van der Waals surface area contributed by atoms with Gasteiger partial charge in [-0.2, -0.15) is 5.10 Å². The minimum Gasteiger partial charge on any atom is -0.396 e. The second-order valence-corrected chi connectivity index (χ2v) is 6.89. The van der Waals surface area contributed by atoms with Crippen molar-refractivity contribution in [1.82, 2.24) is 15.1 Å². The number of carbonyl (C=O) groups excluding carboxylic acids is 1. The number of carbonyl (C=O) groups is 1. The number of hydrogen-bond acceptors (Lipinski definition) is 3. The van der Waals surface area contributed by atoms with Gasteiger partial charge in [-0.25, -0.2) is 4.68 Å². The highest BCUT2D eigenvalue weighted by Crippen LogP contribution is 2.28. The molecule has 5 nitrogen and oxygen atoms in total. The molecule has 1 heterocycles. The number of aromatic nitrogens is 2. The molecule has 0 fully saturated rings. The number of aliphatic hydroxyl groups is 1. The molecule has 1 aromatic heterocycles. The van der Waals surface area contributed by atoms with Crippen LogP contribution in [0.15, 0.2) is 24.3 Å². The fraction of sp³-hybridized carbons (Fsp3) is 0.500. The Labute approximate surface area is 149 Å². The number of rotatable bonds is 7. The highest BCUT2D eigenvalue weighted by molar-refractivity contribution is 5.94. The van der Waals surface area contributed by atoms with Gasteiger partial charge in [-0.05, 0) is 55.7 Å². The Balaban J connectivity index is 1.82. The molecular formula is C20H27N3O2. The zero-order chi connectivity index (χ0) is 17.8. The van der Waals surface area contributed by atoms with Crippen LogP contribution in [0.1, 0.15) is 54.0 Å². The summed E-state index contributed by atoms with van der Waals surface area (Å²) in [5.74, 6) is 0.151. The van der Waals surface area contributed by atoms with Crippen molar-refractivity contribution < 1.29 is 9.90 Å². The summed E-state index contributed by atoms with van der Waals surface area (Å²) >= 11 is 0. The fourth-order valence-corrected chi connectivity index (χ4v) is 3.38. The predicted octanol–water partition coefficient (Wildman–Crippen LogP) is 2.67. The van der Waals surface area contributed by atoms with E-state index in [0.717, 1.165) is 42.6 Å². The second kappa shape index (κ2) is 7.83. The zero-order valence-corrected chi connectivity index (χ0v) is 15.1. The Morgan fingerprint density at radius 1 is 1.32 bits per heavy atom. The summed E-state index contributed by atoms with van der Waals surface area (Å²) in [5, 5.41) is 16.6. The summed E-state index contributed by atoms with van der Waals surface area (Å²) < 4.78 is 1.94. The molecular weight excluding hydrogens is 314 g/mol. The van der Waals surface area contributed by atoms with Gasteiger partial charge in [-0.15, -0.1) is 0 Å². The maximum absolute atomic E-state index is 12.6. The van der Waals surface area contributed by atoms with Gasteiger partial charge in [-0.3, -0.25) is 4.79 Å². The first-order chi connectivity index (χ1) is 12.1. The molecule has 0 spiro atoms. The Kier molecular flexibility index (Phi) is 5.53. The summed E-state index contributed by atoms with van der Waals surface area (Å²) in [6.45, 7) is 4.87. The SMILES string of the molecule is CCc1ccc(-n2nc(C(=O)NCC(C)CCO)c3c2CCC3)cc1. The molecule has 2 N–H and O–H groups in total. The molecule has 0 aliphatic heterocycles. The van der Waals surface area contributed by atoms with Crippen molar-refractivity contribution in [2.45, 2.75) is 46.0 Å². The van der Waals surface area contributed by atoms with Crippen molar-refractivity contribution in [3.63, 3.8) is 0 Å². The Morgan fingerprint density at radius 3 is 2.76 bits per heavy atom. The Hall–Kier alpha value is -2.14. The molecule has 2 aromatic rings. The molecule has 1 atom stereocenters. The summed E-state index contributed by atoms with van der Waals surface area (Å²) in [6.07, 6.45) is 4.65. The lowest BCUT2D eigenvalue weighted by Gasteiger charge is -2.10. The van der Waals surface area contributed by atoms with Gasteiger partial charge in [0.25, 0.3) is 5.91 Å². The van der Waals surface area contributed by atoms with E-state index in [9.17, 15) is 4.79 Å². The van der Waals surface area contributed by atoms with Crippen molar-refractivity contribution in [3.05, 3.63) is 46.8 Å². The first-order valence-electron chi connectivity index (χ1n) is 9.23. The molecule has 1 aliphatic carbocycles. The molecule has 0 radical (unpaired) electrons. The molecule has 1 unspecified atom stereocenters. The van der Waals surface area contributed by atoms with Gasteiger partial charge in [0, 0.05) is 24.4 Å². The maximum Gasteiger partial charge on any atom is 0.272 e. The van der Waals surface area contributed by atoms with Gasteiger partial charge < -0.3 is 10.4 Å². The highest BCUT2D eigenvalue weighted by atomic mass is 16.3. The standard InChI is InChI=1S/C20H27N3O2/c1-3-15-7-9-16(10-8-15)23-18-6-4-5-17(18)19(22-23)20(25)21-13-14(2)11-12-24/h7-10,14,24H,3-6,11-13H2,1-2H3,(H,21,25). The quantitative estimate of drug-likeness (QED) is 0.814. The molecule has 134 valence electrons. The molecule has 1 amide bonds. The summed E-state index contributed by atoms with van der Waals surface area (Å²) in [4.78, 5) is 12.6. The first-order valence-corrected chi connectivity index (χ1v) is 9.23. The number of hydrogen-bond donors (Lipinski definition) is 2. The lowest BCUT2D eigenvalue weighted by molar-refractivity contribution is 0.0939. The first kappa shape index (κ1) is 17.7. The van der Waals surface area contributed by atoms with E-state index in [0.29, 0.717) is 18.7 Å². The van der Waals surface area contributed by atoms with E-state index in [1.165, 1.54) is 5.56 Å². The highest BCUT2D eigenvalue weighted by Gasteiger charge is 2.26. The van der Waals surface area contributed by atoms with Crippen LogP contribution in [0.4, 0.5) is 0 Å². The molecule has 3 rings (SSSR count). The van der Waals surface area contributed by atoms with Crippen LogP contribution in [0.2, 0.25) is 0 Å². The third kappa shape index (κ3) is 3.76. The van der Waals surface area contributed by atoms with E-state index in [1.54, 1.807) is 0 Å². The number of amides is 1. The van der Waals surface area contributed by atoms with E-state index in [-0.39, 0.29) is 18.4 Å². The van der Waals surface area contributed by atoms with Gasteiger partial charge in [0.1, 0.15) is 0 Å². The molecule has 25 heavy (non-hydrogen) atoms. The predicted molar refractivity (Wildman–Crippen MR) is 98.2 cm³/mol.